The molecule has 0 bridgehead atoms. The summed E-state index contributed by atoms with van der Waals surface area (Å²) in [6.45, 7) is 16.3. The molecule has 0 unspecified atom stereocenters. The largest absolute Gasteiger partial charge is 0.382 e. The van der Waals surface area contributed by atoms with Crippen molar-refractivity contribution in [1.29, 1.82) is 0 Å². The third-order valence-corrected chi connectivity index (χ3v) is 4.62. The first kappa shape index (κ1) is 25.1. The highest BCUT2D eigenvalue weighted by Gasteiger charge is 2.23. The minimum atomic E-state index is -3.70. The Balaban J connectivity index is 3.30. The molecule has 2 amide bonds. The molecule has 0 heterocycles. The van der Waals surface area contributed by atoms with Gasteiger partial charge in [-0.05, 0) is 46.6 Å². The smallest absolute Gasteiger partial charge is 0.318 e. The number of amides is 2. The Labute approximate surface area is 176 Å². The van der Waals surface area contributed by atoms with Gasteiger partial charge in [0.15, 0.2) is 0 Å². The molecule has 8 heteroatoms. The highest BCUT2D eigenvalue weighted by atomic mass is 32.2. The number of carbonyl (C=O) groups excluding carboxylic acids is 1. The molecule has 1 aromatic carbocycles. The van der Waals surface area contributed by atoms with Crippen LogP contribution in [0.25, 0.3) is 0 Å². The third-order valence-electron chi connectivity index (χ3n) is 4.14. The Morgan fingerprint density at radius 3 is 2.21 bits per heavy atom. The van der Waals surface area contributed by atoms with Gasteiger partial charge in [-0.1, -0.05) is 19.9 Å². The van der Waals surface area contributed by atoms with Crippen molar-refractivity contribution in [2.45, 2.75) is 60.5 Å². The van der Waals surface area contributed by atoms with Crippen LogP contribution in [0.1, 0.15) is 54.0 Å². The van der Waals surface area contributed by atoms with E-state index in [0.29, 0.717) is 12.1 Å². The SMILES string of the molecule is CCN(CC)c1ccc(CN(CC(C)C)C(=O)NC(C)(C)C)c(OS(C)(=O)=O)c1. The molecule has 0 radical (unpaired) electrons. The van der Waals surface area contributed by atoms with Crippen LogP contribution in [0.5, 0.6) is 5.75 Å². The maximum Gasteiger partial charge on any atom is 0.318 e. The monoisotopic (exact) mass is 427 g/mol. The fourth-order valence-corrected chi connectivity index (χ4v) is 3.45. The van der Waals surface area contributed by atoms with E-state index < -0.39 is 10.1 Å². The Morgan fingerprint density at radius 2 is 1.76 bits per heavy atom. The van der Waals surface area contributed by atoms with Gasteiger partial charge in [0.1, 0.15) is 5.75 Å². The number of anilines is 1. The number of nitrogens with one attached hydrogen (secondary N) is 1. The quantitative estimate of drug-likeness (QED) is 0.606. The summed E-state index contributed by atoms with van der Waals surface area (Å²) in [7, 11) is -3.70. The molecule has 0 aliphatic rings. The van der Waals surface area contributed by atoms with E-state index in [1.165, 1.54) is 0 Å². The van der Waals surface area contributed by atoms with Gasteiger partial charge >= 0.3 is 16.1 Å². The molecule has 0 fully saturated rings. The first-order valence-electron chi connectivity index (χ1n) is 10.1. The van der Waals surface area contributed by atoms with Crippen molar-refractivity contribution in [2.24, 2.45) is 5.92 Å². The number of hydrogen-bond donors (Lipinski definition) is 1. The van der Waals surface area contributed by atoms with Gasteiger partial charge in [0.05, 0.1) is 12.8 Å². The van der Waals surface area contributed by atoms with E-state index in [-0.39, 0.29) is 29.8 Å². The van der Waals surface area contributed by atoms with E-state index in [1.54, 1.807) is 11.0 Å². The van der Waals surface area contributed by atoms with Crippen molar-refractivity contribution in [3.63, 3.8) is 0 Å². The average Bonchev–Trinajstić information content (AvgIpc) is 2.54. The number of hydrogen-bond acceptors (Lipinski definition) is 5. The molecule has 1 rings (SSSR count). The Hall–Kier alpha value is -1.96. The molecule has 1 aromatic rings. The van der Waals surface area contributed by atoms with E-state index >= 15 is 0 Å². The lowest BCUT2D eigenvalue weighted by atomic mass is 10.1. The van der Waals surface area contributed by atoms with Crippen LogP contribution in [0, 0.1) is 5.92 Å². The molecule has 0 spiro atoms. The molecule has 1 N–H and O–H groups in total. The molecule has 29 heavy (non-hydrogen) atoms. The van der Waals surface area contributed by atoms with Crippen LogP contribution in [-0.2, 0) is 16.7 Å². The van der Waals surface area contributed by atoms with E-state index in [1.807, 2.05) is 60.6 Å². The Kier molecular flexibility index (Phi) is 8.81. The Morgan fingerprint density at radius 1 is 1.17 bits per heavy atom. The minimum absolute atomic E-state index is 0.190. The van der Waals surface area contributed by atoms with Crippen LogP contribution in [0.15, 0.2) is 18.2 Å². The summed E-state index contributed by atoms with van der Waals surface area (Å²) >= 11 is 0. The highest BCUT2D eigenvalue weighted by Crippen LogP contribution is 2.28. The van der Waals surface area contributed by atoms with Crippen LogP contribution >= 0.6 is 0 Å². The van der Waals surface area contributed by atoms with Crippen molar-refractivity contribution in [1.82, 2.24) is 10.2 Å². The lowest BCUT2D eigenvalue weighted by molar-refractivity contribution is 0.178. The molecular formula is C21H37N3O4S. The molecule has 0 aliphatic heterocycles. The zero-order valence-electron chi connectivity index (χ0n) is 19.1. The molecule has 0 atom stereocenters. The zero-order chi connectivity index (χ0) is 22.4. The molecule has 0 saturated heterocycles. The highest BCUT2D eigenvalue weighted by molar-refractivity contribution is 7.86. The van der Waals surface area contributed by atoms with Crippen molar-refractivity contribution in [3.05, 3.63) is 23.8 Å². The van der Waals surface area contributed by atoms with E-state index in [0.717, 1.165) is 25.0 Å². The average molecular weight is 428 g/mol. The zero-order valence-corrected chi connectivity index (χ0v) is 19.9. The minimum Gasteiger partial charge on any atom is -0.382 e. The van der Waals surface area contributed by atoms with Crippen molar-refractivity contribution < 1.29 is 17.4 Å². The van der Waals surface area contributed by atoms with Crippen LogP contribution in [-0.4, -0.2) is 50.8 Å². The predicted octanol–water partition coefficient (Wildman–Crippen LogP) is 3.84. The summed E-state index contributed by atoms with van der Waals surface area (Å²) < 4.78 is 28.9. The first-order chi connectivity index (χ1) is 13.3. The number of carbonyl (C=O) groups is 1. The van der Waals surface area contributed by atoms with Crippen LogP contribution in [0.4, 0.5) is 10.5 Å². The Bertz CT molecular complexity index is 782. The summed E-state index contributed by atoms with van der Waals surface area (Å²) in [4.78, 5) is 16.6. The fraction of sp³-hybridized carbons (Fsp3) is 0.667. The number of rotatable bonds is 9. The van der Waals surface area contributed by atoms with Gasteiger partial charge in [0, 0.05) is 42.5 Å². The first-order valence-corrected chi connectivity index (χ1v) is 11.9. The fourth-order valence-electron chi connectivity index (χ4n) is 2.97. The van der Waals surface area contributed by atoms with E-state index in [9.17, 15) is 13.2 Å². The molecular weight excluding hydrogens is 390 g/mol. The number of urea groups is 1. The molecule has 0 aromatic heterocycles. The lowest BCUT2D eigenvalue weighted by Crippen LogP contribution is -2.49. The van der Waals surface area contributed by atoms with Gasteiger partial charge in [-0.3, -0.25) is 0 Å². The number of benzene rings is 1. The molecule has 0 aliphatic carbocycles. The summed E-state index contributed by atoms with van der Waals surface area (Å²) in [6, 6.07) is 5.32. The van der Waals surface area contributed by atoms with Crippen molar-refractivity contribution in [2.75, 3.05) is 30.8 Å². The molecule has 166 valence electrons. The maximum atomic E-state index is 12.8. The second kappa shape index (κ2) is 10.2. The van der Waals surface area contributed by atoms with Gasteiger partial charge < -0.3 is 19.3 Å². The summed E-state index contributed by atoms with van der Waals surface area (Å²) in [5, 5.41) is 2.98. The van der Waals surface area contributed by atoms with Gasteiger partial charge in [-0.2, -0.15) is 8.42 Å². The van der Waals surface area contributed by atoms with Gasteiger partial charge in [0.25, 0.3) is 0 Å². The van der Waals surface area contributed by atoms with Crippen LogP contribution in [0.3, 0.4) is 0 Å². The second-order valence-corrected chi connectivity index (χ2v) is 10.3. The van der Waals surface area contributed by atoms with Crippen molar-refractivity contribution in [3.8, 4) is 5.75 Å². The predicted molar refractivity (Wildman–Crippen MR) is 119 cm³/mol. The number of nitrogens with zero attached hydrogens (tertiary/aromatic N) is 2. The summed E-state index contributed by atoms with van der Waals surface area (Å²) in [5.41, 5.74) is 1.16. The van der Waals surface area contributed by atoms with Crippen LogP contribution < -0.4 is 14.4 Å². The standard InChI is InChI=1S/C21H37N3O4S/c1-9-23(10-2)18-12-11-17(19(13-18)28-29(8,26)27)15-24(14-16(3)4)20(25)22-21(5,6)7/h11-13,16H,9-10,14-15H2,1-8H3,(H,22,25). The van der Waals surface area contributed by atoms with Gasteiger partial charge in [0.2, 0.25) is 0 Å². The van der Waals surface area contributed by atoms with Crippen molar-refractivity contribution >= 4 is 21.8 Å². The summed E-state index contributed by atoms with van der Waals surface area (Å²) in [5.74, 6) is 0.518. The molecule has 7 nitrogen and oxygen atoms in total. The summed E-state index contributed by atoms with van der Waals surface area (Å²) in [6.07, 6.45) is 1.03. The van der Waals surface area contributed by atoms with Crippen LogP contribution in [0.2, 0.25) is 0 Å². The lowest BCUT2D eigenvalue weighted by Gasteiger charge is -2.30. The van der Waals surface area contributed by atoms with Gasteiger partial charge in [-0.15, -0.1) is 0 Å². The van der Waals surface area contributed by atoms with E-state index in [2.05, 4.69) is 10.2 Å². The molecule has 0 saturated carbocycles. The topological polar surface area (TPSA) is 79.0 Å². The second-order valence-electron chi connectivity index (χ2n) is 8.71. The van der Waals surface area contributed by atoms with E-state index in [4.69, 9.17) is 4.18 Å². The normalized spacial score (nSPS) is 12.0. The third kappa shape index (κ3) is 8.94. The maximum absolute atomic E-state index is 12.8. The van der Waals surface area contributed by atoms with Gasteiger partial charge in [-0.25, -0.2) is 4.79 Å².